The first kappa shape index (κ1) is 13.4. The minimum atomic E-state index is 0.0816. The molecule has 2 nitrogen and oxygen atoms in total. The Morgan fingerprint density at radius 3 is 2.89 bits per heavy atom. The summed E-state index contributed by atoms with van der Waals surface area (Å²) < 4.78 is 0. The highest BCUT2D eigenvalue weighted by atomic mass is 35.5. The molecule has 2 unspecified atom stereocenters. The standard InChI is InChI=1S/C15H20ClNO/c1-11-5-4-6-12(9-11)10-15(18)17-14-8-3-2-7-13(14)16/h4-6,9,13-14H,2-3,7-8,10H2,1H3,(H,17,18). The van der Waals surface area contributed by atoms with Gasteiger partial charge in [-0.25, -0.2) is 0 Å². The van der Waals surface area contributed by atoms with Crippen molar-refractivity contribution in [3.05, 3.63) is 35.4 Å². The average Bonchev–Trinajstić information content (AvgIpc) is 2.32. The van der Waals surface area contributed by atoms with Crippen LogP contribution in [0.15, 0.2) is 24.3 Å². The van der Waals surface area contributed by atoms with Crippen molar-refractivity contribution in [3.8, 4) is 0 Å². The summed E-state index contributed by atoms with van der Waals surface area (Å²) >= 11 is 6.24. The number of alkyl halides is 1. The summed E-state index contributed by atoms with van der Waals surface area (Å²) in [4.78, 5) is 12.0. The van der Waals surface area contributed by atoms with Gasteiger partial charge in [0, 0.05) is 6.04 Å². The number of hydrogen-bond acceptors (Lipinski definition) is 1. The fraction of sp³-hybridized carbons (Fsp3) is 0.533. The van der Waals surface area contributed by atoms with Gasteiger partial charge in [0.2, 0.25) is 5.91 Å². The van der Waals surface area contributed by atoms with Crippen molar-refractivity contribution in [3.63, 3.8) is 0 Å². The maximum Gasteiger partial charge on any atom is 0.224 e. The monoisotopic (exact) mass is 265 g/mol. The van der Waals surface area contributed by atoms with Crippen molar-refractivity contribution >= 4 is 17.5 Å². The van der Waals surface area contributed by atoms with E-state index < -0.39 is 0 Å². The number of rotatable bonds is 3. The van der Waals surface area contributed by atoms with Crippen molar-refractivity contribution in [2.75, 3.05) is 0 Å². The molecule has 3 heteroatoms. The molecule has 0 aromatic heterocycles. The van der Waals surface area contributed by atoms with Gasteiger partial charge in [-0.2, -0.15) is 0 Å². The van der Waals surface area contributed by atoms with Gasteiger partial charge in [0.15, 0.2) is 0 Å². The van der Waals surface area contributed by atoms with E-state index >= 15 is 0 Å². The molecule has 1 aliphatic rings. The van der Waals surface area contributed by atoms with Crippen molar-refractivity contribution in [1.82, 2.24) is 5.32 Å². The molecule has 1 aromatic rings. The molecule has 0 radical (unpaired) electrons. The van der Waals surface area contributed by atoms with Crippen LogP contribution in [-0.2, 0) is 11.2 Å². The fourth-order valence-corrected chi connectivity index (χ4v) is 2.86. The van der Waals surface area contributed by atoms with Gasteiger partial charge in [0.25, 0.3) is 0 Å². The van der Waals surface area contributed by atoms with Crippen LogP contribution >= 0.6 is 11.6 Å². The smallest absolute Gasteiger partial charge is 0.224 e. The summed E-state index contributed by atoms with van der Waals surface area (Å²) in [5, 5.41) is 3.16. The van der Waals surface area contributed by atoms with Gasteiger partial charge in [-0.3, -0.25) is 4.79 Å². The molecule has 0 spiro atoms. The number of aryl methyl sites for hydroxylation is 1. The first-order chi connectivity index (χ1) is 8.65. The summed E-state index contributed by atoms with van der Waals surface area (Å²) in [7, 11) is 0. The van der Waals surface area contributed by atoms with Crippen LogP contribution in [0.1, 0.15) is 36.8 Å². The van der Waals surface area contributed by atoms with Crippen LogP contribution in [0.2, 0.25) is 0 Å². The van der Waals surface area contributed by atoms with Crippen LogP contribution in [0.3, 0.4) is 0 Å². The molecule has 0 heterocycles. The zero-order valence-corrected chi connectivity index (χ0v) is 11.5. The molecular weight excluding hydrogens is 246 g/mol. The van der Waals surface area contributed by atoms with Crippen LogP contribution in [-0.4, -0.2) is 17.3 Å². The quantitative estimate of drug-likeness (QED) is 0.836. The summed E-state index contributed by atoms with van der Waals surface area (Å²) in [5.74, 6) is 0.0816. The lowest BCUT2D eigenvalue weighted by Crippen LogP contribution is -2.43. The minimum Gasteiger partial charge on any atom is -0.352 e. The molecule has 1 N–H and O–H groups in total. The zero-order valence-electron chi connectivity index (χ0n) is 10.8. The largest absolute Gasteiger partial charge is 0.352 e. The van der Waals surface area contributed by atoms with E-state index in [2.05, 4.69) is 11.4 Å². The number of benzene rings is 1. The van der Waals surface area contributed by atoms with E-state index in [1.807, 2.05) is 25.1 Å². The molecule has 2 rings (SSSR count). The summed E-state index contributed by atoms with van der Waals surface area (Å²) in [6.07, 6.45) is 4.81. The normalized spacial score (nSPS) is 23.7. The lowest BCUT2D eigenvalue weighted by atomic mass is 9.94. The molecule has 2 atom stereocenters. The molecule has 0 saturated heterocycles. The average molecular weight is 266 g/mol. The van der Waals surface area contributed by atoms with E-state index in [4.69, 9.17) is 11.6 Å². The van der Waals surface area contributed by atoms with E-state index in [-0.39, 0.29) is 17.3 Å². The highest BCUT2D eigenvalue weighted by Gasteiger charge is 2.24. The third-order valence-electron chi connectivity index (χ3n) is 3.48. The third-order valence-corrected chi connectivity index (χ3v) is 4.00. The first-order valence-corrected chi connectivity index (χ1v) is 7.08. The van der Waals surface area contributed by atoms with Crippen LogP contribution in [0.5, 0.6) is 0 Å². The molecule has 1 aromatic carbocycles. The Hall–Kier alpha value is -1.02. The second-order valence-electron chi connectivity index (χ2n) is 5.14. The van der Waals surface area contributed by atoms with Crippen LogP contribution in [0, 0.1) is 6.92 Å². The summed E-state index contributed by atoms with van der Waals surface area (Å²) in [5.41, 5.74) is 2.25. The predicted octanol–water partition coefficient (Wildman–Crippen LogP) is 3.20. The molecule has 1 aliphatic carbocycles. The van der Waals surface area contributed by atoms with Crippen molar-refractivity contribution in [2.24, 2.45) is 0 Å². The van der Waals surface area contributed by atoms with E-state index in [0.29, 0.717) is 6.42 Å². The van der Waals surface area contributed by atoms with Gasteiger partial charge in [-0.1, -0.05) is 42.7 Å². The number of halogens is 1. The second-order valence-corrected chi connectivity index (χ2v) is 5.70. The Morgan fingerprint density at radius 2 is 2.17 bits per heavy atom. The van der Waals surface area contributed by atoms with Crippen molar-refractivity contribution in [1.29, 1.82) is 0 Å². The summed E-state index contributed by atoms with van der Waals surface area (Å²) in [6, 6.07) is 8.22. The number of amides is 1. The van der Waals surface area contributed by atoms with Gasteiger partial charge in [0.1, 0.15) is 0 Å². The minimum absolute atomic E-state index is 0.0816. The van der Waals surface area contributed by atoms with Gasteiger partial charge in [0.05, 0.1) is 11.8 Å². The highest BCUT2D eigenvalue weighted by Crippen LogP contribution is 2.23. The maximum atomic E-state index is 12.0. The third kappa shape index (κ3) is 3.74. The molecule has 18 heavy (non-hydrogen) atoms. The Bertz CT molecular complexity index is 419. The zero-order chi connectivity index (χ0) is 13.0. The molecular formula is C15H20ClNO. The van der Waals surface area contributed by atoms with Crippen molar-refractivity contribution < 1.29 is 4.79 Å². The van der Waals surface area contributed by atoms with E-state index in [9.17, 15) is 4.79 Å². The fourth-order valence-electron chi connectivity index (χ4n) is 2.51. The van der Waals surface area contributed by atoms with E-state index in [0.717, 1.165) is 18.4 Å². The highest BCUT2D eigenvalue weighted by molar-refractivity contribution is 6.21. The first-order valence-electron chi connectivity index (χ1n) is 6.64. The Morgan fingerprint density at radius 1 is 1.39 bits per heavy atom. The van der Waals surface area contributed by atoms with Crippen LogP contribution in [0.25, 0.3) is 0 Å². The maximum absolute atomic E-state index is 12.0. The predicted molar refractivity (Wildman–Crippen MR) is 74.9 cm³/mol. The topological polar surface area (TPSA) is 29.1 Å². The Labute approximate surface area is 114 Å². The van der Waals surface area contributed by atoms with Gasteiger partial charge >= 0.3 is 0 Å². The van der Waals surface area contributed by atoms with E-state index in [1.54, 1.807) is 0 Å². The lowest BCUT2D eigenvalue weighted by molar-refractivity contribution is -0.121. The van der Waals surface area contributed by atoms with Crippen LogP contribution < -0.4 is 5.32 Å². The summed E-state index contributed by atoms with van der Waals surface area (Å²) in [6.45, 7) is 2.04. The molecule has 1 amide bonds. The molecule has 1 saturated carbocycles. The molecule has 1 fully saturated rings. The number of carbonyl (C=O) groups excluding carboxylic acids is 1. The van der Waals surface area contributed by atoms with Crippen molar-refractivity contribution in [2.45, 2.75) is 50.4 Å². The van der Waals surface area contributed by atoms with E-state index in [1.165, 1.54) is 18.4 Å². The van der Waals surface area contributed by atoms with Crippen LogP contribution in [0.4, 0.5) is 0 Å². The molecule has 0 bridgehead atoms. The lowest BCUT2D eigenvalue weighted by Gasteiger charge is -2.27. The number of carbonyl (C=O) groups is 1. The second kappa shape index (κ2) is 6.24. The Balaban J connectivity index is 1.88. The Kier molecular flexibility index (Phi) is 4.65. The van der Waals surface area contributed by atoms with Gasteiger partial charge < -0.3 is 5.32 Å². The molecule has 98 valence electrons. The number of nitrogens with one attached hydrogen (secondary N) is 1. The van der Waals surface area contributed by atoms with Gasteiger partial charge in [-0.15, -0.1) is 11.6 Å². The number of hydrogen-bond donors (Lipinski definition) is 1. The van der Waals surface area contributed by atoms with Gasteiger partial charge in [-0.05, 0) is 25.3 Å². The molecule has 0 aliphatic heterocycles. The SMILES string of the molecule is Cc1cccc(CC(=O)NC2CCCCC2Cl)c1.